The van der Waals surface area contributed by atoms with Gasteiger partial charge in [-0.2, -0.15) is 0 Å². The van der Waals surface area contributed by atoms with Crippen molar-refractivity contribution in [3.63, 3.8) is 0 Å². The summed E-state index contributed by atoms with van der Waals surface area (Å²) < 4.78 is 63.7. The van der Waals surface area contributed by atoms with Gasteiger partial charge in [-0.25, -0.2) is 45.0 Å². The Kier molecular flexibility index (Phi) is 23.8. The van der Waals surface area contributed by atoms with Gasteiger partial charge in [0.1, 0.15) is 29.5 Å². The quantitative estimate of drug-likeness (QED) is 0.118. The van der Waals surface area contributed by atoms with Gasteiger partial charge in [0, 0.05) is 77.3 Å². The lowest BCUT2D eigenvalue weighted by Crippen LogP contribution is -2.40. The molecule has 3 heterocycles. The van der Waals surface area contributed by atoms with Crippen LogP contribution in [0.2, 0.25) is 0 Å². The van der Waals surface area contributed by atoms with Gasteiger partial charge in [-0.15, -0.1) is 0 Å². The van der Waals surface area contributed by atoms with Gasteiger partial charge in [0.15, 0.2) is 0 Å². The van der Waals surface area contributed by atoms with Crippen molar-refractivity contribution in [1.29, 1.82) is 0 Å². The van der Waals surface area contributed by atoms with Crippen LogP contribution in [0.4, 0.5) is 0 Å². The first-order valence-corrected chi connectivity index (χ1v) is 23.7. The molecule has 0 bridgehead atoms. The number of sulfone groups is 3. The van der Waals surface area contributed by atoms with Gasteiger partial charge < -0.3 is 16.4 Å². The third-order valence-corrected chi connectivity index (χ3v) is 10.9. The standard InChI is InChI=1S/2C10H17N3O3S.C7H9BrN2O.C3H9NO2S/c2*1-11-9-4-3-6-13(9)10(14)8-12-5-7-17(2,15)16;1-9-6-3-2-4-10(6)7(11)5-8;1-7(5,6)3-2-4/h2*9,12H,3-8H2,2H3;6H,2-5H2;2-4H2,1H3/t2*9-;6-;/m000./s1. The number of hydrogen-bond acceptors (Lipinski definition) is 12. The number of nitrogens with one attached hydrogen (secondary N) is 2. The summed E-state index contributed by atoms with van der Waals surface area (Å²) in [5, 5.41) is 5.91. The molecule has 3 amide bonds. The van der Waals surface area contributed by atoms with Crippen LogP contribution in [-0.4, -0.2) is 170 Å². The Bertz CT molecular complexity index is 1530. The number of carbonyl (C=O) groups is 3. The number of nitrogens with zero attached hydrogens (tertiary/aromatic N) is 6. The predicted octanol–water partition coefficient (Wildman–Crippen LogP) is -0.784. The highest BCUT2D eigenvalue weighted by atomic mass is 79.9. The van der Waals surface area contributed by atoms with Gasteiger partial charge in [-0.1, -0.05) is 15.9 Å². The third-order valence-electron chi connectivity index (χ3n) is 7.53. The average Bonchev–Trinajstić information content (AvgIpc) is 3.84. The van der Waals surface area contributed by atoms with Gasteiger partial charge in [0.05, 0.1) is 35.7 Å². The highest BCUT2D eigenvalue weighted by Crippen LogP contribution is 2.19. The van der Waals surface area contributed by atoms with Crippen molar-refractivity contribution in [2.45, 2.75) is 57.0 Å². The van der Waals surface area contributed by atoms with E-state index < -0.39 is 29.5 Å². The minimum Gasteiger partial charge on any atom is -0.329 e. The van der Waals surface area contributed by atoms with Crippen molar-refractivity contribution in [1.82, 2.24) is 25.3 Å². The van der Waals surface area contributed by atoms with Crippen molar-refractivity contribution < 1.29 is 39.6 Å². The molecule has 0 spiro atoms. The monoisotopic (exact) mass is 857 g/mol. The molecular weight excluding hydrogens is 806 g/mol. The van der Waals surface area contributed by atoms with E-state index in [2.05, 4.69) is 41.1 Å². The molecule has 0 aromatic rings. The molecule has 0 saturated carbocycles. The molecule has 22 heteroatoms. The highest BCUT2D eigenvalue weighted by Gasteiger charge is 2.34. The van der Waals surface area contributed by atoms with Gasteiger partial charge in [-0.05, 0) is 19.3 Å². The Morgan fingerprint density at radius 2 is 0.942 bits per heavy atom. The van der Waals surface area contributed by atoms with E-state index in [1.54, 1.807) is 14.7 Å². The maximum Gasteiger partial charge on any atom is 0.300 e. The molecule has 0 aromatic heterocycles. The van der Waals surface area contributed by atoms with Gasteiger partial charge in [0.25, 0.3) is 0 Å². The van der Waals surface area contributed by atoms with Crippen molar-refractivity contribution in [2.24, 2.45) is 5.73 Å². The first kappa shape index (κ1) is 49.1. The van der Waals surface area contributed by atoms with Crippen LogP contribution in [0.1, 0.15) is 38.5 Å². The van der Waals surface area contributed by atoms with Gasteiger partial charge >= 0.3 is 18.5 Å². The Morgan fingerprint density at radius 1 is 0.635 bits per heavy atom. The molecule has 3 saturated heterocycles. The van der Waals surface area contributed by atoms with E-state index >= 15 is 0 Å². The lowest BCUT2D eigenvalue weighted by molar-refractivity contribution is -0.131. The molecular formula is C30H52BrN9O9S3. The van der Waals surface area contributed by atoms with E-state index in [1.165, 1.54) is 6.26 Å². The van der Waals surface area contributed by atoms with E-state index in [0.29, 0.717) is 18.4 Å². The van der Waals surface area contributed by atoms with Crippen LogP contribution in [0.3, 0.4) is 0 Å². The lowest BCUT2D eigenvalue weighted by atomic mass is 10.3. The Hall–Kier alpha value is -2.91. The molecule has 0 unspecified atom stereocenters. The van der Waals surface area contributed by atoms with Gasteiger partial charge in [0.2, 0.25) is 17.7 Å². The van der Waals surface area contributed by atoms with Crippen LogP contribution in [0, 0.1) is 19.7 Å². The summed E-state index contributed by atoms with van der Waals surface area (Å²) >= 11 is 3.09. The molecule has 0 aromatic carbocycles. The van der Waals surface area contributed by atoms with Gasteiger partial charge in [-0.3, -0.25) is 43.6 Å². The number of rotatable bonds is 13. The molecule has 18 nitrogen and oxygen atoms in total. The molecule has 0 aliphatic carbocycles. The van der Waals surface area contributed by atoms with E-state index in [1.807, 2.05) is 0 Å². The molecule has 3 rings (SSSR count). The average molecular weight is 859 g/mol. The molecule has 296 valence electrons. The largest absolute Gasteiger partial charge is 0.329 e. The zero-order valence-electron chi connectivity index (χ0n) is 30.0. The van der Waals surface area contributed by atoms with Crippen LogP contribution in [0.25, 0.3) is 14.5 Å². The maximum atomic E-state index is 11.7. The summed E-state index contributed by atoms with van der Waals surface area (Å²) in [6.45, 7) is 23.7. The predicted molar refractivity (Wildman–Crippen MR) is 202 cm³/mol. The topological polar surface area (TPSA) is 227 Å². The van der Waals surface area contributed by atoms with Crippen LogP contribution in [0.15, 0.2) is 0 Å². The molecule has 3 fully saturated rings. The SMILES string of the molecule is CS(=O)(=O)CCN.[C-]#[N+][C@@H]1CCCN1C(=O)CBr.[C-]#[N+][C@@H]1CCCN1C(=O)CNCCS(C)(=O)=O.[C-]#[N+][C@@H]1CCCN1C(=O)CNCCS(C)(=O)=O. The smallest absolute Gasteiger partial charge is 0.300 e. The molecule has 52 heavy (non-hydrogen) atoms. The Balaban J connectivity index is 0.000000700. The van der Waals surface area contributed by atoms with Crippen molar-refractivity contribution in [2.75, 3.05) is 93.7 Å². The number of halogens is 1. The van der Waals surface area contributed by atoms with Crippen molar-refractivity contribution in [3.8, 4) is 0 Å². The highest BCUT2D eigenvalue weighted by molar-refractivity contribution is 9.09. The summed E-state index contributed by atoms with van der Waals surface area (Å²) in [6.07, 6.45) is 7.62. The Morgan fingerprint density at radius 3 is 1.17 bits per heavy atom. The number of hydrogen-bond donors (Lipinski definition) is 3. The number of carbonyl (C=O) groups excluding carboxylic acids is 3. The zero-order valence-corrected chi connectivity index (χ0v) is 34.0. The van der Waals surface area contributed by atoms with Crippen LogP contribution >= 0.6 is 15.9 Å². The van der Waals surface area contributed by atoms with E-state index in [0.717, 1.165) is 57.6 Å². The summed E-state index contributed by atoms with van der Waals surface area (Å²) in [7, 11) is -8.78. The first-order valence-electron chi connectivity index (χ1n) is 16.4. The molecule has 0 radical (unpaired) electrons. The summed E-state index contributed by atoms with van der Waals surface area (Å²) in [4.78, 5) is 49.4. The fourth-order valence-electron chi connectivity index (χ4n) is 4.92. The number of amides is 3. The molecule has 4 N–H and O–H groups in total. The van der Waals surface area contributed by atoms with E-state index in [9.17, 15) is 39.6 Å². The van der Waals surface area contributed by atoms with Crippen molar-refractivity contribution in [3.05, 3.63) is 34.3 Å². The summed E-state index contributed by atoms with van der Waals surface area (Å²) in [6, 6.07) is 0. The molecule has 3 aliphatic heterocycles. The van der Waals surface area contributed by atoms with Crippen LogP contribution in [0.5, 0.6) is 0 Å². The number of nitrogens with two attached hydrogens (primary N) is 1. The lowest BCUT2D eigenvalue weighted by Gasteiger charge is -2.16. The Labute approximate surface area is 317 Å². The zero-order chi connectivity index (χ0) is 40.0. The normalized spacial score (nSPS) is 19.7. The third kappa shape index (κ3) is 22.2. The molecule has 3 aliphatic rings. The number of alkyl halides is 1. The fourth-order valence-corrected chi connectivity index (χ4v) is 6.70. The first-order chi connectivity index (χ1) is 24.2. The second-order valence-corrected chi connectivity index (χ2v) is 19.5. The minimum absolute atomic E-state index is 0.0204. The molecule has 3 atom stereocenters. The van der Waals surface area contributed by atoms with E-state index in [4.69, 9.17) is 25.5 Å². The van der Waals surface area contributed by atoms with E-state index in [-0.39, 0.29) is 86.2 Å². The second-order valence-electron chi connectivity index (χ2n) is 12.2. The van der Waals surface area contributed by atoms with Crippen LogP contribution in [-0.2, 0) is 43.9 Å². The maximum absolute atomic E-state index is 11.7. The summed E-state index contributed by atoms with van der Waals surface area (Å²) in [5.41, 5.74) is 4.94. The second kappa shape index (κ2) is 25.2. The minimum atomic E-state index is -2.99. The van der Waals surface area contributed by atoms with Crippen molar-refractivity contribution >= 4 is 63.2 Å². The van der Waals surface area contributed by atoms with Crippen LogP contribution < -0.4 is 16.4 Å². The summed E-state index contributed by atoms with van der Waals surface area (Å²) in [5.74, 6) is -0.0935. The fraction of sp³-hybridized carbons (Fsp3) is 0.800. The number of likely N-dealkylation sites (tertiary alicyclic amines) is 3.